The van der Waals surface area contributed by atoms with E-state index in [1.807, 2.05) is 0 Å². The van der Waals surface area contributed by atoms with Crippen molar-refractivity contribution in [3.05, 3.63) is 188 Å². The molecule has 53 heavy (non-hydrogen) atoms. The normalized spacial score (nSPS) is 11.8. The minimum absolute atomic E-state index is 0.665. The van der Waals surface area contributed by atoms with Gasteiger partial charge in [0.2, 0.25) is 5.95 Å². The predicted molar refractivity (Wildman–Crippen MR) is 223 cm³/mol. The second-order valence-corrected chi connectivity index (χ2v) is 13.7. The summed E-state index contributed by atoms with van der Waals surface area (Å²) in [6.07, 6.45) is 0. The van der Waals surface area contributed by atoms with Crippen molar-refractivity contribution >= 4 is 65.0 Å². The average molecular weight is 674 g/mol. The Balaban J connectivity index is 1.13. The fourth-order valence-corrected chi connectivity index (χ4v) is 8.37. The number of benzene rings is 9. The van der Waals surface area contributed by atoms with Crippen molar-refractivity contribution in [1.82, 2.24) is 14.5 Å². The molecule has 2 aromatic heterocycles. The molecule has 3 heteroatoms. The third-order valence-corrected chi connectivity index (χ3v) is 10.8. The molecular formula is C50H31N3. The largest absolute Gasteiger partial charge is 0.278 e. The highest BCUT2D eigenvalue weighted by Crippen LogP contribution is 2.41. The summed E-state index contributed by atoms with van der Waals surface area (Å²) < 4.78 is 2.25. The second kappa shape index (κ2) is 11.7. The Morgan fingerprint density at radius 2 is 0.906 bits per heavy atom. The Kier molecular flexibility index (Phi) is 6.55. The van der Waals surface area contributed by atoms with Crippen LogP contribution in [0.2, 0.25) is 0 Å². The highest BCUT2D eigenvalue weighted by molar-refractivity contribution is 6.23. The summed E-state index contributed by atoms with van der Waals surface area (Å²) in [6.45, 7) is 0. The van der Waals surface area contributed by atoms with Crippen LogP contribution in [0.5, 0.6) is 0 Å². The van der Waals surface area contributed by atoms with Gasteiger partial charge < -0.3 is 0 Å². The maximum Gasteiger partial charge on any atom is 0.235 e. The number of hydrogen-bond acceptors (Lipinski definition) is 2. The van der Waals surface area contributed by atoms with E-state index in [9.17, 15) is 0 Å². The standard InChI is InChI=1S/C50H31N3/c1-2-14-36(15-3-1)48-44-29-28-33-13-5-7-18-40(33)49(44)52-50(51-48)53-45-23-9-8-19-43(45)47-42-22-11-21-39(41(42)30-31-46(47)53)35-26-24-34(25-27-35)38-20-10-16-32-12-4-6-17-37(32)38/h1-31H. The fraction of sp³-hybridized carbons (Fsp3) is 0. The third kappa shape index (κ3) is 4.61. The average Bonchev–Trinajstić information content (AvgIpc) is 3.58. The molecule has 0 aliphatic heterocycles. The molecule has 0 aliphatic rings. The van der Waals surface area contributed by atoms with Gasteiger partial charge in [0.1, 0.15) is 0 Å². The maximum absolute atomic E-state index is 5.38. The zero-order valence-electron chi connectivity index (χ0n) is 28.7. The van der Waals surface area contributed by atoms with Crippen LogP contribution in [0.15, 0.2) is 188 Å². The summed E-state index contributed by atoms with van der Waals surface area (Å²) in [7, 11) is 0. The van der Waals surface area contributed by atoms with Crippen molar-refractivity contribution in [2.75, 3.05) is 0 Å². The van der Waals surface area contributed by atoms with Gasteiger partial charge in [-0.3, -0.25) is 4.57 Å². The number of nitrogens with zero attached hydrogens (tertiary/aromatic N) is 3. The van der Waals surface area contributed by atoms with E-state index in [-0.39, 0.29) is 0 Å². The minimum Gasteiger partial charge on any atom is -0.278 e. The van der Waals surface area contributed by atoms with E-state index in [4.69, 9.17) is 9.97 Å². The van der Waals surface area contributed by atoms with Crippen LogP contribution in [0.3, 0.4) is 0 Å². The van der Waals surface area contributed by atoms with Crippen molar-refractivity contribution in [2.45, 2.75) is 0 Å². The van der Waals surface area contributed by atoms with Crippen molar-refractivity contribution in [3.63, 3.8) is 0 Å². The van der Waals surface area contributed by atoms with Crippen LogP contribution in [-0.2, 0) is 0 Å². The molecule has 11 aromatic rings. The molecule has 9 aromatic carbocycles. The lowest BCUT2D eigenvalue weighted by Gasteiger charge is -2.14. The van der Waals surface area contributed by atoms with Gasteiger partial charge in [0.05, 0.1) is 22.2 Å². The first-order valence-electron chi connectivity index (χ1n) is 18.1. The van der Waals surface area contributed by atoms with Crippen molar-refractivity contribution in [1.29, 1.82) is 0 Å². The first-order valence-corrected chi connectivity index (χ1v) is 18.1. The van der Waals surface area contributed by atoms with Crippen LogP contribution in [0, 0.1) is 0 Å². The summed E-state index contributed by atoms with van der Waals surface area (Å²) >= 11 is 0. The quantitative estimate of drug-likeness (QED) is 0.174. The molecule has 3 nitrogen and oxygen atoms in total. The summed E-state index contributed by atoms with van der Waals surface area (Å²) in [5.41, 5.74) is 9.99. The molecule has 2 heterocycles. The SMILES string of the molecule is c1ccc(-c2nc(-n3c4ccccc4c4c5cccc(-c6ccc(-c7cccc8ccccc78)cc6)c5ccc43)nc3c2ccc2ccccc23)cc1. The monoisotopic (exact) mass is 673 g/mol. The van der Waals surface area contributed by atoms with Gasteiger partial charge in [-0.25, -0.2) is 9.97 Å². The summed E-state index contributed by atoms with van der Waals surface area (Å²) in [5.74, 6) is 0.665. The Hall–Kier alpha value is -7.10. The molecule has 0 spiro atoms. The molecule has 0 bridgehead atoms. The molecule has 0 amide bonds. The lowest BCUT2D eigenvalue weighted by atomic mass is 9.93. The lowest BCUT2D eigenvalue weighted by molar-refractivity contribution is 1.02. The van der Waals surface area contributed by atoms with Crippen LogP contribution >= 0.6 is 0 Å². The van der Waals surface area contributed by atoms with Gasteiger partial charge in [0, 0.05) is 27.1 Å². The zero-order valence-corrected chi connectivity index (χ0v) is 28.7. The molecule has 0 saturated heterocycles. The predicted octanol–water partition coefficient (Wildman–Crippen LogP) is 13.2. The molecule has 246 valence electrons. The van der Waals surface area contributed by atoms with E-state index >= 15 is 0 Å². The Labute approximate surface area is 306 Å². The van der Waals surface area contributed by atoms with Gasteiger partial charge in [-0.1, -0.05) is 170 Å². The number of rotatable bonds is 4. The van der Waals surface area contributed by atoms with Crippen molar-refractivity contribution < 1.29 is 0 Å². The number of fused-ring (bicyclic) bond motifs is 9. The lowest BCUT2D eigenvalue weighted by Crippen LogP contribution is -2.03. The van der Waals surface area contributed by atoms with E-state index in [1.165, 1.54) is 54.6 Å². The highest BCUT2D eigenvalue weighted by Gasteiger charge is 2.20. The molecule has 0 radical (unpaired) electrons. The molecule has 0 unspecified atom stereocenters. The van der Waals surface area contributed by atoms with E-state index in [2.05, 4.69) is 193 Å². The van der Waals surface area contributed by atoms with Gasteiger partial charge in [-0.05, 0) is 67.4 Å². The first kappa shape index (κ1) is 29.6. The number of aromatic nitrogens is 3. The van der Waals surface area contributed by atoms with Crippen LogP contribution in [0.25, 0.3) is 104 Å². The third-order valence-electron chi connectivity index (χ3n) is 10.8. The minimum atomic E-state index is 0.665. The summed E-state index contributed by atoms with van der Waals surface area (Å²) in [5, 5.41) is 10.7. The Morgan fingerprint density at radius 1 is 0.321 bits per heavy atom. The first-order chi connectivity index (χ1) is 26.3. The van der Waals surface area contributed by atoms with Crippen LogP contribution in [0.4, 0.5) is 0 Å². The van der Waals surface area contributed by atoms with E-state index in [1.54, 1.807) is 0 Å². The van der Waals surface area contributed by atoms with Crippen LogP contribution in [-0.4, -0.2) is 14.5 Å². The van der Waals surface area contributed by atoms with E-state index < -0.39 is 0 Å². The van der Waals surface area contributed by atoms with Crippen molar-refractivity contribution in [2.24, 2.45) is 0 Å². The van der Waals surface area contributed by atoms with Crippen LogP contribution < -0.4 is 0 Å². The molecule has 0 fully saturated rings. The summed E-state index contributed by atoms with van der Waals surface area (Å²) in [6, 6.07) is 67.3. The fourth-order valence-electron chi connectivity index (χ4n) is 8.37. The second-order valence-electron chi connectivity index (χ2n) is 13.7. The smallest absolute Gasteiger partial charge is 0.235 e. The van der Waals surface area contributed by atoms with Gasteiger partial charge in [-0.2, -0.15) is 0 Å². The zero-order chi connectivity index (χ0) is 34.9. The van der Waals surface area contributed by atoms with Crippen LogP contribution in [0.1, 0.15) is 0 Å². The van der Waals surface area contributed by atoms with Gasteiger partial charge in [0.15, 0.2) is 0 Å². The maximum atomic E-state index is 5.38. The Morgan fingerprint density at radius 3 is 1.70 bits per heavy atom. The molecule has 0 saturated carbocycles. The molecule has 11 rings (SSSR count). The van der Waals surface area contributed by atoms with E-state index in [0.717, 1.165) is 44.0 Å². The van der Waals surface area contributed by atoms with Gasteiger partial charge >= 0.3 is 0 Å². The summed E-state index contributed by atoms with van der Waals surface area (Å²) in [4.78, 5) is 10.8. The number of para-hydroxylation sites is 1. The molecule has 0 aliphatic carbocycles. The van der Waals surface area contributed by atoms with Crippen molar-refractivity contribution in [3.8, 4) is 39.5 Å². The highest BCUT2D eigenvalue weighted by atomic mass is 15.2. The molecule has 0 atom stereocenters. The molecule has 0 N–H and O–H groups in total. The van der Waals surface area contributed by atoms with Gasteiger partial charge in [-0.15, -0.1) is 0 Å². The topological polar surface area (TPSA) is 30.7 Å². The Bertz CT molecular complexity index is 3210. The number of hydrogen-bond donors (Lipinski definition) is 0. The molecular weight excluding hydrogens is 643 g/mol. The van der Waals surface area contributed by atoms with E-state index in [0.29, 0.717) is 5.95 Å². The van der Waals surface area contributed by atoms with Gasteiger partial charge in [0.25, 0.3) is 0 Å².